The van der Waals surface area contributed by atoms with Crippen LogP contribution in [0.1, 0.15) is 11.4 Å². The molecule has 0 fully saturated rings. The molecule has 5 nitrogen and oxygen atoms in total. The van der Waals surface area contributed by atoms with Crippen molar-refractivity contribution in [2.75, 3.05) is 5.73 Å². The molecule has 0 spiro atoms. The summed E-state index contributed by atoms with van der Waals surface area (Å²) in [6, 6.07) is 10.2. The molecule has 0 saturated heterocycles. The van der Waals surface area contributed by atoms with Gasteiger partial charge in [0.2, 0.25) is 0 Å². The highest BCUT2D eigenvalue weighted by atomic mass is 19.4. The highest BCUT2D eigenvalue weighted by molar-refractivity contribution is 5.95. The normalized spacial score (nSPS) is 12.0. The number of anilines is 1. The Bertz CT molecular complexity index is 1260. The van der Waals surface area contributed by atoms with Crippen molar-refractivity contribution in [1.82, 2.24) is 14.5 Å². The summed E-state index contributed by atoms with van der Waals surface area (Å²) in [5.41, 5.74) is 5.29. The van der Waals surface area contributed by atoms with Gasteiger partial charge in [-0.2, -0.15) is 13.2 Å². The fourth-order valence-electron chi connectivity index (χ4n) is 3.15. The number of hydrogen-bond donors (Lipinski definition) is 1. The zero-order valence-electron chi connectivity index (χ0n) is 14.1. The molecule has 8 heteroatoms. The number of benzene rings is 1. The monoisotopic (exact) mass is 370 g/mol. The number of rotatable bonds is 1. The minimum atomic E-state index is -4.64. The number of nitrogens with two attached hydrogens (primary N) is 1. The standard InChI is InChI=1S/C19H13F3N4O/c1-10-11-3-2-4-15(12(11)7-8-24-10)26-17(27)9-14(23)13-5-6-16(19(20,21)22)25-18(13)26/h2-9H,23H2,1H3. The van der Waals surface area contributed by atoms with Crippen LogP contribution in [0, 0.1) is 6.92 Å². The third-order valence-electron chi connectivity index (χ3n) is 4.41. The van der Waals surface area contributed by atoms with E-state index in [1.807, 2.05) is 13.0 Å². The van der Waals surface area contributed by atoms with Gasteiger partial charge in [0.1, 0.15) is 11.3 Å². The molecule has 0 atom stereocenters. The Morgan fingerprint density at radius 3 is 2.56 bits per heavy atom. The van der Waals surface area contributed by atoms with Crippen LogP contribution in [0.3, 0.4) is 0 Å². The van der Waals surface area contributed by atoms with Gasteiger partial charge in [0.25, 0.3) is 5.56 Å². The first kappa shape index (κ1) is 17.0. The molecule has 0 aliphatic heterocycles. The predicted octanol–water partition coefficient (Wildman–Crippen LogP) is 3.84. The van der Waals surface area contributed by atoms with Gasteiger partial charge in [-0.25, -0.2) is 4.98 Å². The van der Waals surface area contributed by atoms with E-state index in [0.717, 1.165) is 21.7 Å². The summed E-state index contributed by atoms with van der Waals surface area (Å²) >= 11 is 0. The van der Waals surface area contributed by atoms with Gasteiger partial charge in [-0.05, 0) is 31.2 Å². The lowest BCUT2D eigenvalue weighted by atomic mass is 10.1. The molecule has 0 bridgehead atoms. The van der Waals surface area contributed by atoms with Crippen molar-refractivity contribution in [1.29, 1.82) is 0 Å². The van der Waals surface area contributed by atoms with Gasteiger partial charge in [-0.3, -0.25) is 14.3 Å². The molecule has 136 valence electrons. The maximum Gasteiger partial charge on any atom is 0.433 e. The molecule has 27 heavy (non-hydrogen) atoms. The molecule has 3 aromatic heterocycles. The highest BCUT2D eigenvalue weighted by Crippen LogP contribution is 2.31. The number of nitrogen functional groups attached to an aromatic ring is 1. The zero-order chi connectivity index (χ0) is 19.3. The number of fused-ring (bicyclic) bond motifs is 2. The van der Waals surface area contributed by atoms with Crippen LogP contribution in [0.4, 0.5) is 18.9 Å². The first-order valence-electron chi connectivity index (χ1n) is 8.01. The number of alkyl halides is 3. The molecule has 4 aromatic rings. The summed E-state index contributed by atoms with van der Waals surface area (Å²) in [7, 11) is 0. The van der Waals surface area contributed by atoms with Crippen molar-refractivity contribution in [2.45, 2.75) is 13.1 Å². The Balaban J connectivity index is 2.17. The van der Waals surface area contributed by atoms with Gasteiger partial charge in [0.15, 0.2) is 0 Å². The molecule has 0 amide bonds. The third kappa shape index (κ3) is 2.69. The van der Waals surface area contributed by atoms with E-state index >= 15 is 0 Å². The Morgan fingerprint density at radius 1 is 1.04 bits per heavy atom. The van der Waals surface area contributed by atoms with E-state index in [-0.39, 0.29) is 16.7 Å². The van der Waals surface area contributed by atoms with Crippen molar-refractivity contribution in [2.24, 2.45) is 0 Å². The Hall–Kier alpha value is -3.42. The molecular weight excluding hydrogens is 357 g/mol. The largest absolute Gasteiger partial charge is 0.433 e. The summed E-state index contributed by atoms with van der Waals surface area (Å²) < 4.78 is 40.7. The maximum absolute atomic E-state index is 13.2. The van der Waals surface area contributed by atoms with Gasteiger partial charge in [0, 0.05) is 39.8 Å². The molecule has 0 aliphatic rings. The summed E-state index contributed by atoms with van der Waals surface area (Å²) in [6.07, 6.45) is -3.06. The average molecular weight is 370 g/mol. The van der Waals surface area contributed by atoms with Gasteiger partial charge >= 0.3 is 6.18 Å². The fourth-order valence-corrected chi connectivity index (χ4v) is 3.15. The minimum absolute atomic E-state index is 0.0746. The topological polar surface area (TPSA) is 73.8 Å². The summed E-state index contributed by atoms with van der Waals surface area (Å²) in [5.74, 6) is 0. The molecule has 4 rings (SSSR count). The van der Waals surface area contributed by atoms with E-state index in [4.69, 9.17) is 5.73 Å². The number of hydrogen-bond acceptors (Lipinski definition) is 4. The SMILES string of the molecule is Cc1nccc2c(-n3c(=O)cc(N)c4ccc(C(F)(F)F)nc43)cccc12. The average Bonchev–Trinajstić information content (AvgIpc) is 2.61. The summed E-state index contributed by atoms with van der Waals surface area (Å²) in [6.45, 7) is 1.82. The van der Waals surface area contributed by atoms with E-state index in [0.29, 0.717) is 11.1 Å². The van der Waals surface area contributed by atoms with Crippen LogP contribution in [0.2, 0.25) is 0 Å². The minimum Gasteiger partial charge on any atom is -0.398 e. The van der Waals surface area contributed by atoms with Crippen LogP contribution in [-0.2, 0) is 6.18 Å². The van der Waals surface area contributed by atoms with Crippen LogP contribution < -0.4 is 11.3 Å². The Labute approximate surface area is 150 Å². The molecular formula is C19H13F3N4O. The Kier molecular flexibility index (Phi) is 3.66. The second kappa shape index (κ2) is 5.80. The summed E-state index contributed by atoms with van der Waals surface area (Å²) in [5, 5.41) is 1.74. The number of halogens is 3. The van der Waals surface area contributed by atoms with Crippen LogP contribution in [0.25, 0.3) is 27.5 Å². The summed E-state index contributed by atoms with van der Waals surface area (Å²) in [4.78, 5) is 20.6. The van der Waals surface area contributed by atoms with E-state index in [2.05, 4.69) is 9.97 Å². The van der Waals surface area contributed by atoms with Crippen molar-refractivity contribution >= 4 is 27.5 Å². The number of aromatic nitrogens is 3. The second-order valence-electron chi connectivity index (χ2n) is 6.11. The number of pyridine rings is 3. The number of nitrogens with zero attached hydrogens (tertiary/aromatic N) is 3. The molecule has 1 aromatic carbocycles. The lowest BCUT2D eigenvalue weighted by Crippen LogP contribution is -2.21. The van der Waals surface area contributed by atoms with E-state index in [1.54, 1.807) is 24.4 Å². The molecule has 2 N–H and O–H groups in total. The van der Waals surface area contributed by atoms with Crippen molar-refractivity contribution < 1.29 is 13.2 Å². The predicted molar refractivity (Wildman–Crippen MR) is 96.8 cm³/mol. The first-order chi connectivity index (χ1) is 12.8. The number of aryl methyl sites for hydroxylation is 1. The van der Waals surface area contributed by atoms with Crippen LogP contribution in [0.5, 0.6) is 0 Å². The van der Waals surface area contributed by atoms with E-state index in [9.17, 15) is 18.0 Å². The van der Waals surface area contributed by atoms with Gasteiger partial charge in [0.05, 0.1) is 5.69 Å². The molecule has 0 radical (unpaired) electrons. The van der Waals surface area contributed by atoms with Gasteiger partial charge in [-0.1, -0.05) is 12.1 Å². The second-order valence-corrected chi connectivity index (χ2v) is 6.11. The van der Waals surface area contributed by atoms with Crippen molar-refractivity contribution in [3.63, 3.8) is 0 Å². The molecule has 0 saturated carbocycles. The maximum atomic E-state index is 13.2. The molecule has 3 heterocycles. The van der Waals surface area contributed by atoms with Crippen LogP contribution in [-0.4, -0.2) is 14.5 Å². The van der Waals surface area contributed by atoms with Crippen molar-refractivity contribution in [3.8, 4) is 5.69 Å². The molecule has 0 aliphatic carbocycles. The zero-order valence-corrected chi connectivity index (χ0v) is 14.1. The lowest BCUT2D eigenvalue weighted by Gasteiger charge is -2.15. The Morgan fingerprint density at radius 2 is 1.81 bits per heavy atom. The van der Waals surface area contributed by atoms with Crippen LogP contribution in [0.15, 0.2) is 53.5 Å². The third-order valence-corrected chi connectivity index (χ3v) is 4.41. The van der Waals surface area contributed by atoms with E-state index in [1.165, 1.54) is 12.1 Å². The van der Waals surface area contributed by atoms with E-state index < -0.39 is 17.4 Å². The van der Waals surface area contributed by atoms with Gasteiger partial charge in [-0.15, -0.1) is 0 Å². The fraction of sp³-hybridized carbons (Fsp3) is 0.105. The first-order valence-corrected chi connectivity index (χ1v) is 8.01. The highest BCUT2D eigenvalue weighted by Gasteiger charge is 2.33. The van der Waals surface area contributed by atoms with Crippen LogP contribution >= 0.6 is 0 Å². The smallest absolute Gasteiger partial charge is 0.398 e. The van der Waals surface area contributed by atoms with Gasteiger partial charge < -0.3 is 5.73 Å². The molecule has 0 unspecified atom stereocenters. The lowest BCUT2D eigenvalue weighted by molar-refractivity contribution is -0.141. The quantitative estimate of drug-likeness (QED) is 0.552. The van der Waals surface area contributed by atoms with Crippen molar-refractivity contribution in [3.05, 3.63) is 70.4 Å².